The lowest BCUT2D eigenvalue weighted by Gasteiger charge is -2.28. The van der Waals surface area contributed by atoms with Gasteiger partial charge in [-0.05, 0) is 44.2 Å². The monoisotopic (exact) mass is 260 g/mol. The first kappa shape index (κ1) is 14.5. The standard InChI is InChI=1S/C17H28N2/c1-13(2)17-5-4-11-19(17)12-10-16(18)15-8-6-14(3)7-9-15/h6-9,13,16-17H,4-5,10-12,18H2,1-3H3. The number of hydrogen-bond donors (Lipinski definition) is 1. The maximum atomic E-state index is 6.32. The van der Waals surface area contributed by atoms with Gasteiger partial charge in [-0.1, -0.05) is 43.7 Å². The molecule has 1 aliphatic heterocycles. The molecule has 0 spiro atoms. The van der Waals surface area contributed by atoms with E-state index in [1.165, 1.54) is 30.5 Å². The van der Waals surface area contributed by atoms with Crippen LogP contribution in [0.15, 0.2) is 24.3 Å². The Hall–Kier alpha value is -0.860. The maximum absolute atomic E-state index is 6.32. The predicted octanol–water partition coefficient (Wildman–Crippen LogP) is 3.51. The zero-order valence-corrected chi connectivity index (χ0v) is 12.6. The van der Waals surface area contributed by atoms with Gasteiger partial charge in [0, 0.05) is 18.6 Å². The lowest BCUT2D eigenvalue weighted by molar-refractivity contribution is 0.200. The number of hydrogen-bond acceptors (Lipinski definition) is 2. The van der Waals surface area contributed by atoms with Gasteiger partial charge in [-0.15, -0.1) is 0 Å². The number of benzene rings is 1. The Morgan fingerprint density at radius 1 is 1.26 bits per heavy atom. The summed E-state index contributed by atoms with van der Waals surface area (Å²) < 4.78 is 0. The molecule has 2 atom stereocenters. The molecule has 0 aliphatic carbocycles. The van der Waals surface area contributed by atoms with Crippen molar-refractivity contribution in [3.63, 3.8) is 0 Å². The third-order valence-corrected chi connectivity index (χ3v) is 4.42. The molecule has 19 heavy (non-hydrogen) atoms. The van der Waals surface area contributed by atoms with E-state index in [0.29, 0.717) is 0 Å². The molecule has 1 aromatic rings. The Bertz CT molecular complexity index is 383. The van der Waals surface area contributed by atoms with Crippen LogP contribution in [0.3, 0.4) is 0 Å². The van der Waals surface area contributed by atoms with Gasteiger partial charge in [0.05, 0.1) is 0 Å². The highest BCUT2D eigenvalue weighted by Gasteiger charge is 2.26. The van der Waals surface area contributed by atoms with E-state index >= 15 is 0 Å². The third kappa shape index (κ3) is 3.80. The van der Waals surface area contributed by atoms with Crippen LogP contribution in [0.1, 0.15) is 50.3 Å². The van der Waals surface area contributed by atoms with Crippen LogP contribution in [-0.4, -0.2) is 24.0 Å². The van der Waals surface area contributed by atoms with Crippen LogP contribution >= 0.6 is 0 Å². The zero-order chi connectivity index (χ0) is 13.8. The fraction of sp³-hybridized carbons (Fsp3) is 0.647. The molecule has 0 amide bonds. The van der Waals surface area contributed by atoms with Crippen molar-refractivity contribution in [1.29, 1.82) is 0 Å². The van der Waals surface area contributed by atoms with E-state index in [1.54, 1.807) is 0 Å². The molecule has 1 aromatic carbocycles. The third-order valence-electron chi connectivity index (χ3n) is 4.42. The molecule has 2 heteroatoms. The summed E-state index contributed by atoms with van der Waals surface area (Å²) >= 11 is 0. The molecule has 0 aromatic heterocycles. The van der Waals surface area contributed by atoms with E-state index < -0.39 is 0 Å². The van der Waals surface area contributed by atoms with Crippen LogP contribution in [-0.2, 0) is 0 Å². The molecule has 1 heterocycles. The fourth-order valence-electron chi connectivity index (χ4n) is 3.17. The van der Waals surface area contributed by atoms with Crippen LogP contribution in [0.5, 0.6) is 0 Å². The average Bonchev–Trinajstić information content (AvgIpc) is 2.85. The number of rotatable bonds is 5. The van der Waals surface area contributed by atoms with Gasteiger partial charge < -0.3 is 10.6 Å². The molecule has 2 unspecified atom stereocenters. The van der Waals surface area contributed by atoms with Gasteiger partial charge in [0.25, 0.3) is 0 Å². The molecule has 0 saturated carbocycles. The quantitative estimate of drug-likeness (QED) is 0.878. The predicted molar refractivity (Wildman–Crippen MR) is 82.2 cm³/mol. The molecule has 0 bridgehead atoms. The highest BCUT2D eigenvalue weighted by molar-refractivity contribution is 5.23. The van der Waals surface area contributed by atoms with Gasteiger partial charge in [-0.2, -0.15) is 0 Å². The van der Waals surface area contributed by atoms with Crippen LogP contribution in [0.4, 0.5) is 0 Å². The van der Waals surface area contributed by atoms with Crippen LogP contribution in [0.2, 0.25) is 0 Å². The first-order valence-corrected chi connectivity index (χ1v) is 7.64. The highest BCUT2D eigenvalue weighted by Crippen LogP contribution is 2.25. The molecule has 2 nitrogen and oxygen atoms in total. The molecule has 1 fully saturated rings. The first-order valence-electron chi connectivity index (χ1n) is 7.64. The number of likely N-dealkylation sites (tertiary alicyclic amines) is 1. The fourth-order valence-corrected chi connectivity index (χ4v) is 3.17. The van der Waals surface area contributed by atoms with E-state index in [-0.39, 0.29) is 6.04 Å². The van der Waals surface area contributed by atoms with Crippen molar-refractivity contribution in [3.8, 4) is 0 Å². The Labute approximate surface area is 118 Å². The van der Waals surface area contributed by atoms with Crippen LogP contribution < -0.4 is 5.73 Å². The topological polar surface area (TPSA) is 29.3 Å². The van der Waals surface area contributed by atoms with Gasteiger partial charge in [0.15, 0.2) is 0 Å². The number of nitrogens with two attached hydrogens (primary N) is 1. The molecular weight excluding hydrogens is 232 g/mol. The summed E-state index contributed by atoms with van der Waals surface area (Å²) in [5, 5.41) is 0. The van der Waals surface area contributed by atoms with Crippen molar-refractivity contribution < 1.29 is 0 Å². The molecule has 2 N–H and O–H groups in total. The maximum Gasteiger partial charge on any atom is 0.0307 e. The lowest BCUT2D eigenvalue weighted by Crippen LogP contribution is -2.35. The zero-order valence-electron chi connectivity index (χ0n) is 12.6. The SMILES string of the molecule is Cc1ccc(C(N)CCN2CCCC2C(C)C)cc1. The molecule has 1 aliphatic rings. The van der Waals surface area contributed by atoms with Crippen molar-refractivity contribution >= 4 is 0 Å². The second-order valence-electron chi connectivity index (χ2n) is 6.30. The summed E-state index contributed by atoms with van der Waals surface area (Å²) in [5.41, 5.74) is 8.89. The Morgan fingerprint density at radius 2 is 1.95 bits per heavy atom. The minimum atomic E-state index is 0.175. The summed E-state index contributed by atoms with van der Waals surface area (Å²) in [4.78, 5) is 2.64. The van der Waals surface area contributed by atoms with E-state index in [1.807, 2.05) is 0 Å². The van der Waals surface area contributed by atoms with Crippen LogP contribution in [0.25, 0.3) is 0 Å². The summed E-state index contributed by atoms with van der Waals surface area (Å²) in [6, 6.07) is 9.59. The lowest BCUT2D eigenvalue weighted by atomic mass is 10.0. The summed E-state index contributed by atoms with van der Waals surface area (Å²) in [6.45, 7) is 9.18. The van der Waals surface area contributed by atoms with Crippen molar-refractivity contribution in [2.24, 2.45) is 11.7 Å². The van der Waals surface area contributed by atoms with Crippen molar-refractivity contribution in [2.75, 3.05) is 13.1 Å². The Kier molecular flexibility index (Phi) is 5.00. The largest absolute Gasteiger partial charge is 0.324 e. The van der Waals surface area contributed by atoms with Crippen molar-refractivity contribution in [1.82, 2.24) is 4.90 Å². The highest BCUT2D eigenvalue weighted by atomic mass is 15.2. The number of aryl methyl sites for hydroxylation is 1. The molecule has 2 rings (SSSR count). The van der Waals surface area contributed by atoms with Crippen LogP contribution in [0, 0.1) is 12.8 Å². The van der Waals surface area contributed by atoms with E-state index in [0.717, 1.165) is 24.9 Å². The van der Waals surface area contributed by atoms with Gasteiger partial charge in [-0.3, -0.25) is 0 Å². The van der Waals surface area contributed by atoms with E-state index in [9.17, 15) is 0 Å². The molecule has 1 saturated heterocycles. The van der Waals surface area contributed by atoms with Crippen molar-refractivity contribution in [3.05, 3.63) is 35.4 Å². The summed E-state index contributed by atoms with van der Waals surface area (Å²) in [7, 11) is 0. The first-order chi connectivity index (χ1) is 9.08. The Morgan fingerprint density at radius 3 is 2.58 bits per heavy atom. The Balaban J connectivity index is 1.86. The van der Waals surface area contributed by atoms with Gasteiger partial charge in [0.1, 0.15) is 0 Å². The van der Waals surface area contributed by atoms with E-state index in [2.05, 4.69) is 49.9 Å². The minimum Gasteiger partial charge on any atom is -0.324 e. The van der Waals surface area contributed by atoms with E-state index in [4.69, 9.17) is 5.73 Å². The molecular formula is C17H28N2. The van der Waals surface area contributed by atoms with Gasteiger partial charge >= 0.3 is 0 Å². The van der Waals surface area contributed by atoms with Crippen molar-refractivity contribution in [2.45, 2.75) is 52.1 Å². The normalized spacial score (nSPS) is 22.1. The second kappa shape index (κ2) is 6.53. The second-order valence-corrected chi connectivity index (χ2v) is 6.30. The smallest absolute Gasteiger partial charge is 0.0307 e. The molecule has 0 radical (unpaired) electrons. The summed E-state index contributed by atoms with van der Waals surface area (Å²) in [6.07, 6.45) is 3.77. The van der Waals surface area contributed by atoms with Gasteiger partial charge in [-0.25, -0.2) is 0 Å². The van der Waals surface area contributed by atoms with Gasteiger partial charge in [0.2, 0.25) is 0 Å². The summed E-state index contributed by atoms with van der Waals surface area (Å²) in [5.74, 6) is 0.762. The number of nitrogens with zero attached hydrogens (tertiary/aromatic N) is 1. The minimum absolute atomic E-state index is 0.175. The average molecular weight is 260 g/mol. The molecule has 106 valence electrons.